The van der Waals surface area contributed by atoms with Crippen LogP contribution in [0, 0.1) is 17.8 Å². The minimum Gasteiger partial charge on any atom is -0.173 e. The highest BCUT2D eigenvalue weighted by Gasteiger charge is 2.38. The van der Waals surface area contributed by atoms with Crippen molar-refractivity contribution in [2.75, 3.05) is 0 Å². The van der Waals surface area contributed by atoms with Gasteiger partial charge in [-0.1, -0.05) is 20.3 Å². The molecule has 2 rings (SSSR count). The highest BCUT2D eigenvalue weighted by molar-refractivity contribution is 7.81. The monoisotopic (exact) mass is 184 g/mol. The van der Waals surface area contributed by atoms with Crippen molar-refractivity contribution in [1.29, 1.82) is 0 Å². The first-order chi connectivity index (χ1) is 5.57. The third-order valence-corrected chi connectivity index (χ3v) is 4.24. The lowest BCUT2D eigenvalue weighted by atomic mass is 9.85. The molecule has 2 saturated carbocycles. The summed E-state index contributed by atoms with van der Waals surface area (Å²) in [5, 5.41) is 0. The normalized spacial score (nSPS) is 53.8. The summed E-state index contributed by atoms with van der Waals surface area (Å²) in [7, 11) is 0. The van der Waals surface area contributed by atoms with Gasteiger partial charge in [0.1, 0.15) is 0 Å². The van der Waals surface area contributed by atoms with Crippen LogP contribution in [0.3, 0.4) is 0 Å². The summed E-state index contributed by atoms with van der Waals surface area (Å²) in [6.45, 7) is 4.75. The lowest BCUT2D eigenvalue weighted by molar-refractivity contribution is 0.328. The third-order valence-electron chi connectivity index (χ3n) is 3.88. The van der Waals surface area contributed by atoms with Gasteiger partial charge in [-0.05, 0) is 43.4 Å². The predicted octanol–water partition coefficient (Wildman–Crippen LogP) is 3.52. The molecule has 4 atom stereocenters. The summed E-state index contributed by atoms with van der Waals surface area (Å²) in [5.41, 5.74) is 0. The summed E-state index contributed by atoms with van der Waals surface area (Å²) in [4.78, 5) is 0. The first-order valence-corrected chi connectivity index (χ1v) is 5.74. The third kappa shape index (κ3) is 1.66. The summed E-state index contributed by atoms with van der Waals surface area (Å²) < 4.78 is 0.333. The zero-order valence-corrected chi connectivity index (χ0v) is 9.11. The number of hydrogen-bond donors (Lipinski definition) is 1. The zero-order valence-electron chi connectivity index (χ0n) is 8.21. The van der Waals surface area contributed by atoms with Crippen LogP contribution in [-0.4, -0.2) is 4.75 Å². The molecular weight excluding hydrogens is 164 g/mol. The van der Waals surface area contributed by atoms with Crippen LogP contribution in [0.2, 0.25) is 0 Å². The van der Waals surface area contributed by atoms with E-state index in [0.717, 1.165) is 17.8 Å². The molecule has 0 aromatic heterocycles. The van der Waals surface area contributed by atoms with E-state index in [2.05, 4.69) is 13.8 Å². The van der Waals surface area contributed by atoms with Gasteiger partial charge in [0.25, 0.3) is 0 Å². The second kappa shape index (κ2) is 2.94. The molecule has 2 bridgehead atoms. The Labute approximate surface area is 81.5 Å². The molecule has 0 aromatic carbocycles. The fourth-order valence-corrected chi connectivity index (χ4v) is 3.93. The number of rotatable bonds is 0. The van der Waals surface area contributed by atoms with Crippen LogP contribution < -0.4 is 0 Å². The average molecular weight is 184 g/mol. The van der Waals surface area contributed by atoms with Gasteiger partial charge in [0.2, 0.25) is 0 Å². The summed E-state index contributed by atoms with van der Waals surface area (Å²) in [5.74, 6) is 2.95. The molecule has 2 aliphatic rings. The highest BCUT2D eigenvalue weighted by atomic mass is 32.1. The van der Waals surface area contributed by atoms with Crippen LogP contribution in [0.4, 0.5) is 0 Å². The van der Waals surface area contributed by atoms with Crippen LogP contribution in [0.15, 0.2) is 0 Å². The van der Waals surface area contributed by atoms with Crippen molar-refractivity contribution >= 4 is 12.6 Å². The van der Waals surface area contributed by atoms with E-state index >= 15 is 0 Å². The fraction of sp³-hybridized carbons (Fsp3) is 1.00. The molecule has 0 heterocycles. The molecule has 2 aliphatic carbocycles. The van der Waals surface area contributed by atoms with E-state index < -0.39 is 0 Å². The minimum atomic E-state index is 0.333. The highest BCUT2D eigenvalue weighted by Crippen LogP contribution is 2.48. The summed E-state index contributed by atoms with van der Waals surface area (Å²) in [6.07, 6.45) is 7.16. The zero-order chi connectivity index (χ0) is 8.77. The SMILES string of the molecule is CC1CC(C)(S)CC2CCC1C2. The van der Waals surface area contributed by atoms with Gasteiger partial charge in [-0.3, -0.25) is 0 Å². The smallest absolute Gasteiger partial charge is 0.0107 e. The van der Waals surface area contributed by atoms with Crippen molar-refractivity contribution in [2.24, 2.45) is 17.8 Å². The molecule has 12 heavy (non-hydrogen) atoms. The Morgan fingerprint density at radius 1 is 1.25 bits per heavy atom. The quantitative estimate of drug-likeness (QED) is 0.547. The maximum absolute atomic E-state index is 4.78. The van der Waals surface area contributed by atoms with E-state index in [-0.39, 0.29) is 0 Å². The van der Waals surface area contributed by atoms with Crippen molar-refractivity contribution in [3.8, 4) is 0 Å². The Balaban J connectivity index is 2.13. The summed E-state index contributed by atoms with van der Waals surface area (Å²) in [6, 6.07) is 0. The van der Waals surface area contributed by atoms with E-state index in [1.165, 1.54) is 32.1 Å². The second-order valence-electron chi connectivity index (χ2n) is 5.32. The van der Waals surface area contributed by atoms with Gasteiger partial charge >= 0.3 is 0 Å². The van der Waals surface area contributed by atoms with Crippen LogP contribution in [0.1, 0.15) is 46.0 Å². The predicted molar refractivity (Wildman–Crippen MR) is 56.6 cm³/mol. The molecule has 0 N–H and O–H groups in total. The Kier molecular flexibility index (Phi) is 2.18. The van der Waals surface area contributed by atoms with Gasteiger partial charge in [-0.25, -0.2) is 0 Å². The van der Waals surface area contributed by atoms with Gasteiger partial charge in [-0.15, -0.1) is 0 Å². The average Bonchev–Trinajstić information content (AvgIpc) is 2.28. The summed E-state index contributed by atoms with van der Waals surface area (Å²) >= 11 is 4.78. The van der Waals surface area contributed by atoms with Crippen LogP contribution >= 0.6 is 12.6 Å². The fourth-order valence-electron chi connectivity index (χ4n) is 3.38. The molecular formula is C11H20S. The molecule has 0 amide bonds. The van der Waals surface area contributed by atoms with Crippen molar-refractivity contribution in [3.63, 3.8) is 0 Å². The molecule has 0 aromatic rings. The van der Waals surface area contributed by atoms with Gasteiger partial charge in [0.15, 0.2) is 0 Å². The Hall–Kier alpha value is 0.350. The molecule has 2 fully saturated rings. The van der Waals surface area contributed by atoms with Crippen LogP contribution in [0.5, 0.6) is 0 Å². The lowest BCUT2D eigenvalue weighted by Gasteiger charge is -2.29. The number of fused-ring (bicyclic) bond motifs is 2. The van der Waals surface area contributed by atoms with E-state index in [1.54, 1.807) is 0 Å². The van der Waals surface area contributed by atoms with Gasteiger partial charge in [0, 0.05) is 4.75 Å². The Morgan fingerprint density at radius 2 is 2.00 bits per heavy atom. The van der Waals surface area contributed by atoms with E-state index in [1.807, 2.05) is 0 Å². The molecule has 0 nitrogen and oxygen atoms in total. The Morgan fingerprint density at radius 3 is 2.75 bits per heavy atom. The number of thiol groups is 1. The van der Waals surface area contributed by atoms with Gasteiger partial charge in [0.05, 0.1) is 0 Å². The largest absolute Gasteiger partial charge is 0.173 e. The van der Waals surface area contributed by atoms with Crippen LogP contribution in [-0.2, 0) is 0 Å². The van der Waals surface area contributed by atoms with E-state index in [4.69, 9.17) is 12.6 Å². The standard InChI is InChI=1S/C11H20S/c1-8-6-11(2,12)7-9-3-4-10(8)5-9/h8-10,12H,3-7H2,1-2H3. The van der Waals surface area contributed by atoms with Crippen molar-refractivity contribution in [2.45, 2.75) is 50.7 Å². The molecule has 0 spiro atoms. The molecule has 0 radical (unpaired) electrons. The number of hydrogen-bond acceptors (Lipinski definition) is 1. The lowest BCUT2D eigenvalue weighted by Crippen LogP contribution is -2.23. The van der Waals surface area contributed by atoms with E-state index in [9.17, 15) is 0 Å². The van der Waals surface area contributed by atoms with Crippen molar-refractivity contribution < 1.29 is 0 Å². The molecule has 4 unspecified atom stereocenters. The molecule has 0 saturated heterocycles. The topological polar surface area (TPSA) is 0 Å². The second-order valence-corrected chi connectivity index (χ2v) is 6.40. The molecule has 0 aliphatic heterocycles. The van der Waals surface area contributed by atoms with Gasteiger partial charge in [-0.2, -0.15) is 12.6 Å². The van der Waals surface area contributed by atoms with E-state index in [0.29, 0.717) is 4.75 Å². The first-order valence-electron chi connectivity index (χ1n) is 5.29. The minimum absolute atomic E-state index is 0.333. The van der Waals surface area contributed by atoms with Crippen LogP contribution in [0.25, 0.3) is 0 Å². The Bertz CT molecular complexity index is 170. The van der Waals surface area contributed by atoms with Crippen molar-refractivity contribution in [1.82, 2.24) is 0 Å². The molecule has 1 heteroatoms. The van der Waals surface area contributed by atoms with Gasteiger partial charge < -0.3 is 0 Å². The van der Waals surface area contributed by atoms with Crippen molar-refractivity contribution in [3.05, 3.63) is 0 Å². The molecule has 70 valence electrons. The maximum atomic E-state index is 4.78. The first kappa shape index (κ1) is 8.93. The maximum Gasteiger partial charge on any atom is 0.0107 e.